The largest absolute Gasteiger partial charge is 0.467 e. The number of benzene rings is 2. The number of aryl methyl sites for hydroxylation is 2. The Kier molecular flexibility index (Phi) is 3.77. The maximum atomic E-state index is 7.49. The molecule has 0 saturated heterocycles. The van der Waals surface area contributed by atoms with E-state index in [2.05, 4.69) is 54.4 Å². The first-order valence-corrected chi connectivity index (χ1v) is 8.83. The summed E-state index contributed by atoms with van der Waals surface area (Å²) in [4.78, 5) is 3.66. The van der Waals surface area contributed by atoms with Crippen molar-refractivity contribution in [1.82, 2.24) is 0 Å². The molecule has 0 aliphatic rings. The maximum Gasteiger partial charge on any atom is 0.229 e. The molecule has 0 amide bonds. The van der Waals surface area contributed by atoms with Gasteiger partial charge in [0.1, 0.15) is 18.2 Å². The first-order valence-electron chi connectivity index (χ1n) is 8.83. The van der Waals surface area contributed by atoms with Crippen LogP contribution >= 0.6 is 0 Å². The van der Waals surface area contributed by atoms with Gasteiger partial charge in [-0.3, -0.25) is 0 Å². The second-order valence-corrected chi connectivity index (χ2v) is 7.11. The van der Waals surface area contributed by atoms with Crippen molar-refractivity contribution in [3.8, 4) is 11.3 Å². The molecule has 3 nitrogen and oxygen atoms in total. The Balaban J connectivity index is 2.11. The normalized spacial score (nSPS) is 11.4. The molecule has 0 atom stereocenters. The third-order valence-electron chi connectivity index (χ3n) is 5.05. The van der Waals surface area contributed by atoms with E-state index in [0.717, 1.165) is 27.6 Å². The molecule has 128 valence electrons. The van der Waals surface area contributed by atoms with E-state index >= 15 is 0 Å². The average Bonchev–Trinajstić information content (AvgIpc) is 2.99. The third kappa shape index (κ3) is 2.38. The van der Waals surface area contributed by atoms with Gasteiger partial charge in [-0.15, -0.1) is 0 Å². The molecule has 4 rings (SSSR count). The summed E-state index contributed by atoms with van der Waals surface area (Å²) in [6.07, 6.45) is 2.05. The van der Waals surface area contributed by atoms with Gasteiger partial charge >= 0.3 is 0 Å². The van der Waals surface area contributed by atoms with E-state index in [4.69, 9.17) is 11.0 Å². The summed E-state index contributed by atoms with van der Waals surface area (Å²) in [5.41, 5.74) is 6.83. The second-order valence-electron chi connectivity index (χ2n) is 7.11. The fourth-order valence-corrected chi connectivity index (χ4v) is 3.69. The lowest BCUT2D eigenvalue weighted by Gasteiger charge is -2.08. The van der Waals surface area contributed by atoms with E-state index in [9.17, 15) is 0 Å². The summed E-state index contributed by atoms with van der Waals surface area (Å²) < 4.78 is 8.31. The second kappa shape index (κ2) is 6.00. The molecule has 0 fully saturated rings. The van der Waals surface area contributed by atoms with E-state index < -0.39 is 0 Å². The predicted molar refractivity (Wildman–Crippen MR) is 105 cm³/mol. The first-order chi connectivity index (χ1) is 12.5. The topological polar surface area (TPSA) is 21.4 Å². The molecule has 0 aliphatic carbocycles. The predicted octanol–water partition coefficient (Wildman–Crippen LogP) is 6.06. The molecule has 2 heterocycles. The number of hydrogen-bond donors (Lipinski definition) is 0. The van der Waals surface area contributed by atoms with Gasteiger partial charge in [-0.25, -0.2) is 9.41 Å². The van der Waals surface area contributed by atoms with E-state index in [1.165, 1.54) is 11.1 Å². The lowest BCUT2D eigenvalue weighted by Crippen LogP contribution is -2.30. The number of pyridine rings is 1. The van der Waals surface area contributed by atoms with Gasteiger partial charge in [0.25, 0.3) is 0 Å². The van der Waals surface area contributed by atoms with E-state index in [0.29, 0.717) is 17.2 Å². The van der Waals surface area contributed by atoms with Gasteiger partial charge < -0.3 is 4.42 Å². The van der Waals surface area contributed by atoms with Crippen LogP contribution in [-0.2, 0) is 7.05 Å². The zero-order chi connectivity index (χ0) is 18.4. The zero-order valence-corrected chi connectivity index (χ0v) is 15.5. The molecule has 0 saturated carbocycles. The number of rotatable bonds is 2. The van der Waals surface area contributed by atoms with Crippen LogP contribution in [0.3, 0.4) is 0 Å². The molecule has 0 aliphatic heterocycles. The Morgan fingerprint density at radius 2 is 1.92 bits per heavy atom. The molecule has 0 radical (unpaired) electrons. The first kappa shape index (κ1) is 16.4. The minimum absolute atomic E-state index is 0.366. The fourth-order valence-electron chi connectivity index (χ4n) is 3.69. The van der Waals surface area contributed by atoms with Gasteiger partial charge in [0.2, 0.25) is 11.4 Å². The van der Waals surface area contributed by atoms with Crippen LogP contribution in [0.25, 0.3) is 38.0 Å². The number of furan rings is 1. The minimum Gasteiger partial charge on any atom is -0.467 e. The smallest absolute Gasteiger partial charge is 0.229 e. The van der Waals surface area contributed by atoms with Crippen LogP contribution in [0, 0.1) is 13.5 Å². The molecule has 0 N–H and O–H groups in total. The summed E-state index contributed by atoms with van der Waals surface area (Å²) in [6.45, 7) is 14.0. The Bertz CT molecular complexity index is 1190. The van der Waals surface area contributed by atoms with Crippen molar-refractivity contribution in [3.05, 3.63) is 71.2 Å². The highest BCUT2D eigenvalue weighted by atomic mass is 16.3. The summed E-state index contributed by atoms with van der Waals surface area (Å²) in [5.74, 6) is 0.366. The van der Waals surface area contributed by atoms with Crippen LogP contribution in [-0.4, -0.2) is 0 Å². The molecule has 2 aromatic heterocycles. The van der Waals surface area contributed by atoms with Gasteiger partial charge in [0.15, 0.2) is 6.20 Å². The molecule has 3 heteroatoms. The molecule has 0 spiro atoms. The summed E-state index contributed by atoms with van der Waals surface area (Å²) in [7, 11) is 2.05. The van der Waals surface area contributed by atoms with Crippen molar-refractivity contribution >= 4 is 27.6 Å². The summed E-state index contributed by atoms with van der Waals surface area (Å²) in [5, 5.41) is 2.17. The maximum absolute atomic E-state index is 7.49. The molecule has 26 heavy (non-hydrogen) atoms. The molecule has 2 aromatic carbocycles. The Morgan fingerprint density at radius 3 is 2.62 bits per heavy atom. The Hall–Kier alpha value is -3.12. The summed E-state index contributed by atoms with van der Waals surface area (Å²) >= 11 is 0. The van der Waals surface area contributed by atoms with Gasteiger partial charge in [-0.05, 0) is 42.2 Å². The van der Waals surface area contributed by atoms with E-state index in [1.54, 1.807) is 0 Å². The van der Waals surface area contributed by atoms with Crippen LogP contribution in [0.2, 0.25) is 0 Å². The van der Waals surface area contributed by atoms with Crippen LogP contribution < -0.4 is 4.57 Å². The Morgan fingerprint density at radius 1 is 1.12 bits per heavy atom. The molecule has 0 unspecified atom stereocenters. The third-order valence-corrected chi connectivity index (χ3v) is 5.05. The van der Waals surface area contributed by atoms with Crippen molar-refractivity contribution in [3.63, 3.8) is 0 Å². The minimum atomic E-state index is 0.366. The van der Waals surface area contributed by atoms with Crippen LogP contribution in [0.4, 0.5) is 5.69 Å². The van der Waals surface area contributed by atoms with Gasteiger partial charge in [-0.1, -0.05) is 26.0 Å². The molecule has 4 aromatic rings. The van der Waals surface area contributed by atoms with Crippen LogP contribution in [0.15, 0.2) is 53.1 Å². The van der Waals surface area contributed by atoms with E-state index in [-0.39, 0.29) is 0 Å². The van der Waals surface area contributed by atoms with Crippen molar-refractivity contribution in [2.75, 3.05) is 0 Å². The van der Waals surface area contributed by atoms with Crippen molar-refractivity contribution in [2.24, 2.45) is 7.05 Å². The highest BCUT2D eigenvalue weighted by Gasteiger charge is 2.20. The lowest BCUT2D eigenvalue weighted by molar-refractivity contribution is -0.660. The van der Waals surface area contributed by atoms with Gasteiger partial charge in [0, 0.05) is 22.9 Å². The van der Waals surface area contributed by atoms with Gasteiger partial charge in [-0.2, -0.15) is 0 Å². The lowest BCUT2D eigenvalue weighted by atomic mass is 9.95. The quantitative estimate of drug-likeness (QED) is 0.321. The van der Waals surface area contributed by atoms with Crippen molar-refractivity contribution in [1.29, 1.82) is 0 Å². The number of fused-ring (bicyclic) bond motifs is 3. The SMILES string of the molecule is [C-]#[N+]c1ccc(C(C)C)c2c1oc1cc(-c3cccc[n+]3C)c(C)cc12. The standard InChI is InChI=1S/C23H21N2O/c1-14(2)16-9-10-19(24-4)23-22(16)18-12-15(3)17(13-21(18)26-23)20-8-6-7-11-25(20)5/h6-14H,1-3,5H3/q+1. The van der Waals surface area contributed by atoms with Gasteiger partial charge in [0.05, 0.1) is 12.1 Å². The summed E-state index contributed by atoms with van der Waals surface area (Å²) in [6, 6.07) is 14.4. The van der Waals surface area contributed by atoms with Crippen LogP contribution in [0.5, 0.6) is 0 Å². The highest BCUT2D eigenvalue weighted by molar-refractivity contribution is 6.11. The number of aromatic nitrogens is 1. The highest BCUT2D eigenvalue weighted by Crippen LogP contribution is 2.41. The Labute approximate surface area is 153 Å². The molecule has 0 bridgehead atoms. The molecular formula is C23H21N2O+. The average molecular weight is 341 g/mol. The van der Waals surface area contributed by atoms with E-state index in [1.807, 2.05) is 31.4 Å². The number of nitrogens with zero attached hydrogens (tertiary/aromatic N) is 2. The van der Waals surface area contributed by atoms with Crippen molar-refractivity contribution < 1.29 is 8.98 Å². The van der Waals surface area contributed by atoms with Crippen molar-refractivity contribution in [2.45, 2.75) is 26.7 Å². The molecular weight excluding hydrogens is 320 g/mol. The number of hydrogen-bond acceptors (Lipinski definition) is 1. The fraction of sp³-hybridized carbons (Fsp3) is 0.217. The zero-order valence-electron chi connectivity index (χ0n) is 15.5. The monoisotopic (exact) mass is 341 g/mol. The van der Waals surface area contributed by atoms with Crippen LogP contribution in [0.1, 0.15) is 30.9 Å².